The van der Waals surface area contributed by atoms with Crippen LogP contribution in [-0.2, 0) is 40.1 Å². The number of nitrogens with zero attached hydrogens (tertiary/aromatic N) is 3. The lowest BCUT2D eigenvalue weighted by molar-refractivity contribution is -0.141. The van der Waals surface area contributed by atoms with Gasteiger partial charge in [-0.2, -0.15) is 4.98 Å². The number of carboxylic acids is 3. The van der Waals surface area contributed by atoms with Crippen LogP contribution in [0.3, 0.4) is 0 Å². The SMILES string of the molecule is NNCCC[C@H](NC(=O)[C@H](CC(=O)O)NC(=O)CCCNC(=O)c1ccc(NCc2cnc3nc(N)[nH]c(=O)c3n2)cc1)C(=O)N[C@@H](CC(=O)O)C(=O)NCC(=O)O. The van der Waals surface area contributed by atoms with Crippen molar-refractivity contribution in [2.75, 3.05) is 30.7 Å². The number of amides is 5. The van der Waals surface area contributed by atoms with Crippen molar-refractivity contribution in [2.45, 2.75) is 63.2 Å². The van der Waals surface area contributed by atoms with Gasteiger partial charge >= 0.3 is 17.9 Å². The minimum atomic E-state index is -1.74. The van der Waals surface area contributed by atoms with E-state index in [1.807, 2.05) is 5.32 Å². The first-order valence-electron chi connectivity index (χ1n) is 17.5. The molecular weight excluding hydrogens is 770 g/mol. The van der Waals surface area contributed by atoms with Crippen LogP contribution in [0.2, 0.25) is 0 Å². The Morgan fingerprint density at radius 1 is 0.759 bits per heavy atom. The van der Waals surface area contributed by atoms with Crippen molar-refractivity contribution in [3.8, 4) is 0 Å². The maximum atomic E-state index is 13.2. The molecule has 15 N–H and O–H groups in total. The van der Waals surface area contributed by atoms with Crippen LogP contribution in [0.4, 0.5) is 11.6 Å². The van der Waals surface area contributed by atoms with E-state index in [0.29, 0.717) is 16.9 Å². The summed E-state index contributed by atoms with van der Waals surface area (Å²) in [6.45, 7) is -0.494. The number of aromatic amines is 1. The van der Waals surface area contributed by atoms with Gasteiger partial charge in [-0.3, -0.25) is 59.4 Å². The molecule has 0 aliphatic carbocycles. The Balaban J connectivity index is 1.52. The van der Waals surface area contributed by atoms with Crippen LogP contribution < -0.4 is 54.5 Å². The molecule has 0 aliphatic heterocycles. The monoisotopic (exact) mass is 813 g/mol. The molecule has 0 saturated carbocycles. The lowest BCUT2D eigenvalue weighted by atomic mass is 10.1. The first-order chi connectivity index (χ1) is 27.6. The van der Waals surface area contributed by atoms with E-state index in [1.165, 1.54) is 6.20 Å². The van der Waals surface area contributed by atoms with Crippen LogP contribution in [0.1, 0.15) is 54.6 Å². The number of fused-ring (bicyclic) bond motifs is 1. The fourth-order valence-electron chi connectivity index (χ4n) is 5.08. The van der Waals surface area contributed by atoms with E-state index in [0.717, 1.165) is 0 Å². The van der Waals surface area contributed by atoms with E-state index in [1.54, 1.807) is 24.3 Å². The summed E-state index contributed by atoms with van der Waals surface area (Å²) >= 11 is 0. The molecule has 0 saturated heterocycles. The number of H-pyrrole nitrogens is 1. The highest BCUT2D eigenvalue weighted by Crippen LogP contribution is 2.12. The molecule has 0 fully saturated rings. The molecule has 0 unspecified atom stereocenters. The number of nitrogen functional groups attached to an aromatic ring is 1. The molecule has 0 radical (unpaired) electrons. The third kappa shape index (κ3) is 15.1. The minimum absolute atomic E-state index is 0.0251. The van der Waals surface area contributed by atoms with Crippen molar-refractivity contribution in [1.82, 2.24) is 51.9 Å². The number of hydrazine groups is 1. The molecular formula is C33H43N13O12. The van der Waals surface area contributed by atoms with Crippen molar-refractivity contribution in [3.63, 3.8) is 0 Å². The van der Waals surface area contributed by atoms with E-state index in [-0.39, 0.29) is 62.4 Å². The Hall–Kier alpha value is -7.28. The summed E-state index contributed by atoms with van der Waals surface area (Å²) in [5, 5.41) is 41.9. The zero-order valence-corrected chi connectivity index (χ0v) is 30.7. The molecule has 3 rings (SSSR count). The van der Waals surface area contributed by atoms with Crippen LogP contribution in [0.25, 0.3) is 11.2 Å². The second-order valence-corrected chi connectivity index (χ2v) is 12.4. The van der Waals surface area contributed by atoms with Gasteiger partial charge in [-0.15, -0.1) is 0 Å². The summed E-state index contributed by atoms with van der Waals surface area (Å²) in [5.74, 6) is -3.69. The second kappa shape index (κ2) is 22.3. The lowest BCUT2D eigenvalue weighted by Gasteiger charge is -2.24. The Bertz CT molecular complexity index is 2040. The summed E-state index contributed by atoms with van der Waals surface area (Å²) in [5.41, 5.74) is 8.83. The molecule has 0 spiro atoms. The summed E-state index contributed by atoms with van der Waals surface area (Å²) < 4.78 is 0. The van der Waals surface area contributed by atoms with E-state index >= 15 is 0 Å². The quantitative estimate of drug-likeness (QED) is 0.0235. The van der Waals surface area contributed by atoms with Gasteiger partial charge in [0.1, 0.15) is 24.7 Å². The predicted octanol–water partition coefficient (Wildman–Crippen LogP) is -3.73. The molecule has 58 heavy (non-hydrogen) atoms. The zero-order chi connectivity index (χ0) is 42.8. The van der Waals surface area contributed by atoms with Gasteiger partial charge in [-0.05, 0) is 43.5 Å². The first kappa shape index (κ1) is 45.1. The van der Waals surface area contributed by atoms with Gasteiger partial charge in [-0.25, -0.2) is 9.97 Å². The highest BCUT2D eigenvalue weighted by molar-refractivity contribution is 5.97. The van der Waals surface area contributed by atoms with Gasteiger partial charge in [0.05, 0.1) is 31.3 Å². The molecule has 25 heteroatoms. The van der Waals surface area contributed by atoms with Gasteiger partial charge in [0.25, 0.3) is 11.5 Å². The highest BCUT2D eigenvalue weighted by Gasteiger charge is 2.31. The summed E-state index contributed by atoms with van der Waals surface area (Å²) in [6, 6.07) is 1.48. The average molecular weight is 814 g/mol. The summed E-state index contributed by atoms with van der Waals surface area (Å²) in [4.78, 5) is 125. The molecule has 3 atom stereocenters. The van der Waals surface area contributed by atoms with E-state index in [2.05, 4.69) is 51.9 Å². The highest BCUT2D eigenvalue weighted by atomic mass is 16.4. The number of nitrogens with two attached hydrogens (primary N) is 2. The van der Waals surface area contributed by atoms with Crippen LogP contribution in [0.15, 0.2) is 35.3 Å². The number of hydrogen-bond acceptors (Lipinski definition) is 16. The normalized spacial score (nSPS) is 12.3. The number of benzene rings is 1. The van der Waals surface area contributed by atoms with Crippen molar-refractivity contribution in [1.29, 1.82) is 0 Å². The Kier molecular flexibility index (Phi) is 17.4. The topological polar surface area (TPSA) is 405 Å². The van der Waals surface area contributed by atoms with Gasteiger partial charge in [0, 0.05) is 30.8 Å². The molecule has 312 valence electrons. The van der Waals surface area contributed by atoms with Gasteiger partial charge in [0.15, 0.2) is 11.2 Å². The number of carbonyl (C=O) groups excluding carboxylic acids is 5. The molecule has 1 aromatic carbocycles. The number of carboxylic acid groups (broad SMARTS) is 3. The van der Waals surface area contributed by atoms with Crippen LogP contribution in [0, 0.1) is 0 Å². The number of aromatic nitrogens is 4. The number of anilines is 2. The fraction of sp³-hybridized carbons (Fsp3) is 0.394. The minimum Gasteiger partial charge on any atom is -0.481 e. The van der Waals surface area contributed by atoms with Crippen LogP contribution >= 0.6 is 0 Å². The third-order valence-corrected chi connectivity index (χ3v) is 7.88. The van der Waals surface area contributed by atoms with Crippen molar-refractivity contribution in [2.24, 2.45) is 5.84 Å². The number of nitrogens with one attached hydrogen (secondary N) is 8. The van der Waals surface area contributed by atoms with Gasteiger partial charge in [-0.1, -0.05) is 0 Å². The van der Waals surface area contributed by atoms with Crippen LogP contribution in [0.5, 0.6) is 0 Å². The summed E-state index contributed by atoms with van der Waals surface area (Å²) in [6.07, 6.45) is -0.519. The number of hydrogen-bond donors (Lipinski definition) is 13. The maximum Gasteiger partial charge on any atom is 0.322 e. The standard InChI is InChI=1S/C33H43N13O12/c34-33-45-27-26(32(58)46-33)41-18(14-38-27)13-37-17-7-5-16(6-8-17)28(54)36-9-2-4-22(47)42-21(12-24(50)51)31(57)43-19(3-1-10-40-35)30(56)44-20(11-23(48)49)29(55)39-15-25(52)53/h5-8,14,19-21,37,40H,1-4,9-13,15,35H2,(H,36,54)(H,39,55)(H,42,47)(H,43,57)(H,44,56)(H,48,49)(H,50,51)(H,52,53)(H3,34,38,45,46,58)/t19-,20-,21-/m0/s1. The first-order valence-corrected chi connectivity index (χ1v) is 17.5. The van der Waals surface area contributed by atoms with Crippen molar-refractivity contribution < 1.29 is 53.7 Å². The largest absolute Gasteiger partial charge is 0.481 e. The third-order valence-electron chi connectivity index (χ3n) is 7.88. The molecule has 5 amide bonds. The van der Waals surface area contributed by atoms with E-state index in [9.17, 15) is 53.4 Å². The molecule has 2 aromatic heterocycles. The predicted molar refractivity (Wildman–Crippen MR) is 200 cm³/mol. The molecule has 25 nitrogen and oxygen atoms in total. The molecule has 2 heterocycles. The number of rotatable bonds is 24. The zero-order valence-electron chi connectivity index (χ0n) is 30.7. The fourth-order valence-corrected chi connectivity index (χ4v) is 5.08. The van der Waals surface area contributed by atoms with Crippen molar-refractivity contribution in [3.05, 3.63) is 52.1 Å². The summed E-state index contributed by atoms with van der Waals surface area (Å²) in [7, 11) is 0. The van der Waals surface area contributed by atoms with Crippen molar-refractivity contribution >= 4 is 70.2 Å². The Labute approximate surface area is 327 Å². The Morgan fingerprint density at radius 2 is 1.40 bits per heavy atom. The lowest BCUT2D eigenvalue weighted by Crippen LogP contribution is -2.57. The van der Waals surface area contributed by atoms with E-state index < -0.39 is 90.5 Å². The molecule has 0 bridgehead atoms. The average Bonchev–Trinajstić information content (AvgIpc) is 3.16. The molecule has 0 aliphatic rings. The second-order valence-electron chi connectivity index (χ2n) is 12.4. The number of aliphatic carboxylic acids is 3. The van der Waals surface area contributed by atoms with E-state index in [4.69, 9.17) is 16.7 Å². The van der Waals surface area contributed by atoms with Gasteiger partial charge in [0.2, 0.25) is 29.6 Å². The Morgan fingerprint density at radius 3 is 2.03 bits per heavy atom. The number of carbonyl (C=O) groups is 8. The smallest absolute Gasteiger partial charge is 0.322 e. The van der Waals surface area contributed by atoms with Crippen LogP contribution in [-0.4, -0.2) is 120 Å². The van der Waals surface area contributed by atoms with Gasteiger partial charge < -0.3 is 53.0 Å². The maximum absolute atomic E-state index is 13.2. The molecule has 3 aromatic rings.